The molecule has 7 heteroatoms. The monoisotopic (exact) mass is 222 g/mol. The predicted octanol–water partition coefficient (Wildman–Crippen LogP) is -2.65. The van der Waals surface area contributed by atoms with E-state index in [4.69, 9.17) is 14.9 Å². The molecule has 1 aliphatic rings. The molecule has 7 nitrogen and oxygen atoms in total. The molecule has 4 N–H and O–H groups in total. The predicted molar refractivity (Wildman–Crippen MR) is 45.5 cm³/mol. The van der Waals surface area contributed by atoms with Gasteiger partial charge in [-0.25, -0.2) is 0 Å². The first kappa shape index (κ1) is 12.3. The second-order valence-corrected chi connectivity index (χ2v) is 3.34. The zero-order valence-corrected chi connectivity index (χ0v) is 8.11. The Kier molecular flexibility index (Phi) is 4.00. The molecule has 88 valence electrons. The number of aliphatic hydroxyl groups is 4. The van der Waals surface area contributed by atoms with E-state index in [0.717, 1.165) is 0 Å². The Hall–Kier alpha value is -0.730. The fourth-order valence-corrected chi connectivity index (χ4v) is 1.27. The maximum Gasteiger partial charge on any atom is 0.302 e. The smallest absolute Gasteiger partial charge is 0.302 e. The Morgan fingerprint density at radius 2 is 1.80 bits per heavy atom. The summed E-state index contributed by atoms with van der Waals surface area (Å²) in [5.41, 5.74) is 0. The molecule has 0 spiro atoms. The summed E-state index contributed by atoms with van der Waals surface area (Å²) in [5, 5.41) is 36.9. The van der Waals surface area contributed by atoms with E-state index in [1.165, 1.54) is 6.92 Å². The van der Waals surface area contributed by atoms with Gasteiger partial charge >= 0.3 is 5.97 Å². The van der Waals surface area contributed by atoms with Crippen molar-refractivity contribution in [3.63, 3.8) is 0 Å². The van der Waals surface area contributed by atoms with Gasteiger partial charge in [0.25, 0.3) is 0 Å². The molecule has 0 aromatic rings. The van der Waals surface area contributed by atoms with Crippen LogP contribution in [0, 0.1) is 0 Å². The van der Waals surface area contributed by atoms with Crippen molar-refractivity contribution in [2.24, 2.45) is 0 Å². The molecule has 0 radical (unpaired) electrons. The lowest BCUT2D eigenvalue weighted by molar-refractivity contribution is -0.287. The van der Waals surface area contributed by atoms with Gasteiger partial charge in [0, 0.05) is 6.92 Å². The fourth-order valence-electron chi connectivity index (χ4n) is 1.27. The summed E-state index contributed by atoms with van der Waals surface area (Å²) in [5.74, 6) is -0.569. The van der Waals surface area contributed by atoms with Crippen molar-refractivity contribution in [2.75, 3.05) is 6.61 Å². The zero-order chi connectivity index (χ0) is 11.6. The summed E-state index contributed by atoms with van der Waals surface area (Å²) in [6.07, 6.45) is -7.18. The first-order valence-electron chi connectivity index (χ1n) is 4.44. The number of hydrogen-bond acceptors (Lipinski definition) is 7. The van der Waals surface area contributed by atoms with Crippen molar-refractivity contribution in [3.8, 4) is 0 Å². The van der Waals surface area contributed by atoms with Crippen LogP contribution < -0.4 is 0 Å². The summed E-state index contributed by atoms with van der Waals surface area (Å²) >= 11 is 0. The van der Waals surface area contributed by atoms with Gasteiger partial charge in [-0.3, -0.25) is 4.79 Å². The molecule has 0 saturated carbocycles. The summed E-state index contributed by atoms with van der Waals surface area (Å²) in [6, 6.07) is 0. The van der Waals surface area contributed by atoms with Crippen LogP contribution in [0.15, 0.2) is 0 Å². The molecular weight excluding hydrogens is 208 g/mol. The van der Waals surface area contributed by atoms with Gasteiger partial charge in [0.2, 0.25) is 0 Å². The lowest BCUT2D eigenvalue weighted by Gasteiger charge is -2.37. The van der Waals surface area contributed by atoms with Gasteiger partial charge in [-0.15, -0.1) is 0 Å². The number of esters is 1. The van der Waals surface area contributed by atoms with Crippen LogP contribution in [0.4, 0.5) is 0 Å². The fraction of sp³-hybridized carbons (Fsp3) is 0.875. The molecule has 0 aromatic heterocycles. The highest BCUT2D eigenvalue weighted by Crippen LogP contribution is 2.19. The quantitative estimate of drug-likeness (QED) is 0.377. The van der Waals surface area contributed by atoms with E-state index in [0.29, 0.717) is 0 Å². The van der Waals surface area contributed by atoms with Gasteiger partial charge in [0.1, 0.15) is 31.0 Å². The van der Waals surface area contributed by atoms with Crippen LogP contribution in [0.3, 0.4) is 0 Å². The summed E-state index contributed by atoms with van der Waals surface area (Å²) < 4.78 is 9.31. The molecule has 1 fully saturated rings. The van der Waals surface area contributed by atoms with Crippen LogP contribution in [-0.4, -0.2) is 63.7 Å². The zero-order valence-electron chi connectivity index (χ0n) is 8.11. The third-order valence-corrected chi connectivity index (χ3v) is 2.14. The van der Waals surface area contributed by atoms with Crippen molar-refractivity contribution < 1.29 is 34.7 Å². The highest BCUT2D eigenvalue weighted by molar-refractivity contribution is 5.65. The van der Waals surface area contributed by atoms with Crippen molar-refractivity contribution in [1.82, 2.24) is 0 Å². The van der Waals surface area contributed by atoms with E-state index in [1.807, 2.05) is 0 Å². The number of carbonyl (C=O) groups excluding carboxylic acids is 1. The average molecular weight is 222 g/mol. The second-order valence-electron chi connectivity index (χ2n) is 3.34. The number of hydrogen-bond donors (Lipinski definition) is 4. The molecule has 0 bridgehead atoms. The van der Waals surface area contributed by atoms with Crippen LogP contribution in [0.25, 0.3) is 0 Å². The summed E-state index contributed by atoms with van der Waals surface area (Å²) in [7, 11) is 0. The van der Waals surface area contributed by atoms with Crippen molar-refractivity contribution in [2.45, 2.75) is 37.6 Å². The lowest BCUT2D eigenvalue weighted by Crippen LogP contribution is -2.58. The molecule has 0 amide bonds. The van der Waals surface area contributed by atoms with Crippen LogP contribution in [0.5, 0.6) is 0 Å². The molecule has 1 rings (SSSR count). The van der Waals surface area contributed by atoms with Gasteiger partial charge < -0.3 is 29.9 Å². The molecule has 1 heterocycles. The Morgan fingerprint density at radius 1 is 1.20 bits per heavy atom. The van der Waals surface area contributed by atoms with Gasteiger partial charge in [0.15, 0.2) is 6.29 Å². The molecule has 0 aliphatic carbocycles. The maximum absolute atomic E-state index is 10.5. The van der Waals surface area contributed by atoms with Crippen LogP contribution in [0.1, 0.15) is 6.92 Å². The van der Waals surface area contributed by atoms with Gasteiger partial charge in [0.05, 0.1) is 0 Å². The molecule has 1 aliphatic heterocycles. The largest absolute Gasteiger partial charge is 0.463 e. The van der Waals surface area contributed by atoms with Crippen LogP contribution >= 0.6 is 0 Å². The van der Waals surface area contributed by atoms with Gasteiger partial charge in [-0.2, -0.15) is 0 Å². The van der Waals surface area contributed by atoms with E-state index in [-0.39, 0.29) is 6.61 Å². The molecule has 15 heavy (non-hydrogen) atoms. The highest BCUT2D eigenvalue weighted by Gasteiger charge is 2.43. The van der Waals surface area contributed by atoms with E-state index in [2.05, 4.69) is 4.74 Å². The van der Waals surface area contributed by atoms with Gasteiger partial charge in [-0.1, -0.05) is 0 Å². The third kappa shape index (κ3) is 2.86. The van der Waals surface area contributed by atoms with Crippen LogP contribution in [0.2, 0.25) is 0 Å². The Balaban J connectivity index is 2.54. The first-order valence-corrected chi connectivity index (χ1v) is 4.44. The Morgan fingerprint density at radius 3 is 2.33 bits per heavy atom. The normalized spacial score (nSPS) is 41.3. The van der Waals surface area contributed by atoms with E-state index in [1.54, 1.807) is 0 Å². The minimum absolute atomic E-state index is 0.294. The number of aliphatic hydroxyl groups excluding tert-OH is 4. The molecule has 2 unspecified atom stereocenters. The number of rotatable bonds is 2. The minimum Gasteiger partial charge on any atom is -0.463 e. The SMILES string of the molecule is CC(=O)OCC1O[C@@H](O)[C@@H](O)C(O)[C@@H]1O. The second kappa shape index (κ2) is 4.86. The average Bonchev–Trinajstić information content (AvgIpc) is 2.18. The summed E-state index contributed by atoms with van der Waals surface area (Å²) in [4.78, 5) is 10.5. The standard InChI is InChI=1S/C8H14O7/c1-3(9)14-2-4-5(10)6(11)7(12)8(13)15-4/h4-8,10-13H,2H2,1H3/t4?,5-,6?,7+,8-/m1/s1. The maximum atomic E-state index is 10.5. The van der Waals surface area contributed by atoms with Crippen molar-refractivity contribution in [3.05, 3.63) is 0 Å². The number of ether oxygens (including phenoxy) is 2. The van der Waals surface area contributed by atoms with E-state index in [9.17, 15) is 15.0 Å². The molecule has 1 saturated heterocycles. The molecule has 0 aromatic carbocycles. The third-order valence-electron chi connectivity index (χ3n) is 2.14. The first-order chi connectivity index (χ1) is 6.93. The topological polar surface area (TPSA) is 116 Å². The molecular formula is C8H14O7. The van der Waals surface area contributed by atoms with Crippen LogP contribution in [-0.2, 0) is 14.3 Å². The summed E-state index contributed by atoms with van der Waals surface area (Å²) in [6.45, 7) is 0.883. The number of carbonyl (C=O) groups is 1. The lowest BCUT2D eigenvalue weighted by atomic mass is 9.99. The Bertz CT molecular complexity index is 231. The van der Waals surface area contributed by atoms with E-state index < -0.39 is 36.7 Å². The molecule has 5 atom stereocenters. The minimum atomic E-state index is -1.61. The van der Waals surface area contributed by atoms with E-state index >= 15 is 0 Å². The van der Waals surface area contributed by atoms with Crippen molar-refractivity contribution >= 4 is 5.97 Å². The van der Waals surface area contributed by atoms with Gasteiger partial charge in [-0.05, 0) is 0 Å². The highest BCUT2D eigenvalue weighted by atomic mass is 16.6. The van der Waals surface area contributed by atoms with Crippen molar-refractivity contribution in [1.29, 1.82) is 0 Å². The Labute approximate surface area is 85.9 Å².